The Morgan fingerprint density at radius 1 is 1.37 bits per heavy atom. The minimum Gasteiger partial charge on any atom is -0.393 e. The highest BCUT2D eigenvalue weighted by molar-refractivity contribution is 5.82. The van der Waals surface area contributed by atoms with Crippen molar-refractivity contribution in [1.29, 1.82) is 0 Å². The van der Waals surface area contributed by atoms with Gasteiger partial charge in [-0.25, -0.2) is 0 Å². The van der Waals surface area contributed by atoms with Crippen LogP contribution in [0.2, 0.25) is 0 Å². The number of nitrogens with one attached hydrogen (secondary N) is 1. The van der Waals surface area contributed by atoms with E-state index in [-0.39, 0.29) is 12.0 Å². The quantitative estimate of drug-likeness (QED) is 0.766. The molecule has 1 fully saturated rings. The predicted octanol–water partition coefficient (Wildman–Crippen LogP) is 1.35. The fourth-order valence-electron chi connectivity index (χ4n) is 2.61. The first-order valence-electron chi connectivity index (χ1n) is 6.93. The molecule has 3 atom stereocenters. The van der Waals surface area contributed by atoms with Gasteiger partial charge in [0.05, 0.1) is 6.10 Å². The number of hydrogen-bond donors (Lipinski definition) is 3. The lowest BCUT2D eigenvalue weighted by Gasteiger charge is -2.26. The summed E-state index contributed by atoms with van der Waals surface area (Å²) in [6.45, 7) is 0.608. The summed E-state index contributed by atoms with van der Waals surface area (Å²) >= 11 is 0. The van der Waals surface area contributed by atoms with Crippen LogP contribution in [0.1, 0.15) is 37.3 Å². The highest BCUT2D eigenvalue weighted by Crippen LogP contribution is 2.23. The standard InChI is InChI=1S/C15H22N2O2/c16-14(12-6-2-1-3-7-12)15(19)17-10-11-5-4-8-13(18)9-11/h1-3,6-7,11,13-14,18H,4-5,8-10,16H2,(H,17,19)/t11?,13?,14-/m0/s1. The van der Waals surface area contributed by atoms with Crippen LogP contribution in [0, 0.1) is 5.92 Å². The van der Waals surface area contributed by atoms with Gasteiger partial charge in [0.1, 0.15) is 6.04 Å². The van der Waals surface area contributed by atoms with Gasteiger partial charge in [0.25, 0.3) is 0 Å². The average molecular weight is 262 g/mol. The second-order valence-corrected chi connectivity index (χ2v) is 5.32. The van der Waals surface area contributed by atoms with Gasteiger partial charge < -0.3 is 16.2 Å². The SMILES string of the molecule is N[C@H](C(=O)NCC1CCCC(O)C1)c1ccccc1. The van der Waals surface area contributed by atoms with Gasteiger partial charge in [-0.15, -0.1) is 0 Å². The zero-order chi connectivity index (χ0) is 13.7. The second kappa shape index (κ2) is 6.68. The summed E-state index contributed by atoms with van der Waals surface area (Å²) in [7, 11) is 0. The molecule has 4 N–H and O–H groups in total. The molecule has 2 rings (SSSR count). The molecule has 4 heteroatoms. The van der Waals surface area contributed by atoms with Gasteiger partial charge in [-0.2, -0.15) is 0 Å². The van der Waals surface area contributed by atoms with Crippen LogP contribution in [-0.4, -0.2) is 23.7 Å². The van der Waals surface area contributed by atoms with E-state index in [1.807, 2.05) is 30.3 Å². The molecular formula is C15H22N2O2. The maximum absolute atomic E-state index is 12.0. The number of carbonyl (C=O) groups excluding carboxylic acids is 1. The number of nitrogens with two attached hydrogens (primary N) is 1. The topological polar surface area (TPSA) is 75.4 Å². The lowest BCUT2D eigenvalue weighted by atomic mass is 9.87. The Balaban J connectivity index is 1.81. The molecule has 1 aromatic rings. The molecule has 1 aliphatic carbocycles. The van der Waals surface area contributed by atoms with Crippen LogP contribution in [0.4, 0.5) is 0 Å². The van der Waals surface area contributed by atoms with Crippen LogP contribution in [0.15, 0.2) is 30.3 Å². The minimum atomic E-state index is -0.616. The van der Waals surface area contributed by atoms with Crippen molar-refractivity contribution in [2.75, 3.05) is 6.54 Å². The van der Waals surface area contributed by atoms with E-state index in [9.17, 15) is 9.90 Å². The van der Waals surface area contributed by atoms with Crippen LogP contribution in [-0.2, 0) is 4.79 Å². The summed E-state index contributed by atoms with van der Waals surface area (Å²) in [6, 6.07) is 8.75. The van der Waals surface area contributed by atoms with Crippen molar-refractivity contribution in [3.63, 3.8) is 0 Å². The first-order chi connectivity index (χ1) is 9.16. The van der Waals surface area contributed by atoms with Crippen molar-refractivity contribution in [2.24, 2.45) is 11.7 Å². The largest absolute Gasteiger partial charge is 0.393 e. The van der Waals surface area contributed by atoms with Crippen molar-refractivity contribution in [2.45, 2.75) is 37.8 Å². The lowest BCUT2D eigenvalue weighted by Crippen LogP contribution is -2.38. The molecule has 104 valence electrons. The van der Waals surface area contributed by atoms with Crippen LogP contribution >= 0.6 is 0 Å². The van der Waals surface area contributed by atoms with Crippen LogP contribution in [0.5, 0.6) is 0 Å². The molecule has 0 bridgehead atoms. The number of rotatable bonds is 4. The number of carbonyl (C=O) groups is 1. The molecular weight excluding hydrogens is 240 g/mol. The Morgan fingerprint density at radius 2 is 2.11 bits per heavy atom. The van der Waals surface area contributed by atoms with E-state index in [1.54, 1.807) is 0 Å². The van der Waals surface area contributed by atoms with Gasteiger partial charge in [-0.05, 0) is 30.7 Å². The third-order valence-electron chi connectivity index (χ3n) is 3.76. The van der Waals surface area contributed by atoms with Gasteiger partial charge in [0.2, 0.25) is 5.91 Å². The third-order valence-corrected chi connectivity index (χ3v) is 3.76. The van der Waals surface area contributed by atoms with Crippen molar-refractivity contribution in [3.8, 4) is 0 Å². The predicted molar refractivity (Wildman–Crippen MR) is 74.3 cm³/mol. The molecule has 0 spiro atoms. The molecule has 0 saturated heterocycles. The van der Waals surface area contributed by atoms with Crippen molar-refractivity contribution >= 4 is 5.91 Å². The first kappa shape index (κ1) is 14.0. The zero-order valence-electron chi connectivity index (χ0n) is 11.1. The molecule has 2 unspecified atom stereocenters. The van der Waals surface area contributed by atoms with Gasteiger partial charge >= 0.3 is 0 Å². The summed E-state index contributed by atoms with van der Waals surface area (Å²) in [5, 5.41) is 12.5. The Bertz CT molecular complexity index is 408. The van der Waals surface area contributed by atoms with Crippen LogP contribution in [0.3, 0.4) is 0 Å². The smallest absolute Gasteiger partial charge is 0.241 e. The van der Waals surface area contributed by atoms with Gasteiger partial charge in [0, 0.05) is 6.54 Å². The molecule has 0 heterocycles. The summed E-state index contributed by atoms with van der Waals surface area (Å²) < 4.78 is 0. The van der Waals surface area contributed by atoms with Gasteiger partial charge in [0.15, 0.2) is 0 Å². The van der Waals surface area contributed by atoms with Crippen LogP contribution < -0.4 is 11.1 Å². The summed E-state index contributed by atoms with van der Waals surface area (Å²) in [5.41, 5.74) is 6.74. The molecule has 1 saturated carbocycles. The Hall–Kier alpha value is -1.39. The second-order valence-electron chi connectivity index (χ2n) is 5.32. The number of benzene rings is 1. The average Bonchev–Trinajstić information content (AvgIpc) is 2.45. The van der Waals surface area contributed by atoms with Crippen LogP contribution in [0.25, 0.3) is 0 Å². The highest BCUT2D eigenvalue weighted by atomic mass is 16.3. The van der Waals surface area contributed by atoms with Gasteiger partial charge in [-0.1, -0.05) is 36.8 Å². The number of aliphatic hydroxyl groups excluding tert-OH is 1. The molecule has 1 aromatic carbocycles. The highest BCUT2D eigenvalue weighted by Gasteiger charge is 2.22. The molecule has 0 radical (unpaired) electrons. The normalized spacial score (nSPS) is 24.7. The molecule has 1 amide bonds. The van der Waals surface area contributed by atoms with Crippen molar-refractivity contribution < 1.29 is 9.90 Å². The molecule has 19 heavy (non-hydrogen) atoms. The molecule has 4 nitrogen and oxygen atoms in total. The van der Waals surface area contributed by atoms with E-state index in [1.165, 1.54) is 0 Å². The molecule has 0 aromatic heterocycles. The summed E-state index contributed by atoms with van der Waals surface area (Å²) in [5.74, 6) is 0.224. The van der Waals surface area contributed by atoms with E-state index in [2.05, 4.69) is 5.32 Å². The maximum atomic E-state index is 12.0. The van der Waals surface area contributed by atoms with Gasteiger partial charge in [-0.3, -0.25) is 4.79 Å². The lowest BCUT2D eigenvalue weighted by molar-refractivity contribution is -0.122. The summed E-state index contributed by atoms with van der Waals surface area (Å²) in [6.07, 6.45) is 3.55. The maximum Gasteiger partial charge on any atom is 0.241 e. The van der Waals surface area contributed by atoms with Crippen molar-refractivity contribution in [3.05, 3.63) is 35.9 Å². The zero-order valence-corrected chi connectivity index (χ0v) is 11.1. The minimum absolute atomic E-state index is 0.147. The third kappa shape index (κ3) is 4.04. The summed E-state index contributed by atoms with van der Waals surface area (Å²) in [4.78, 5) is 12.0. The van der Waals surface area contributed by atoms with E-state index >= 15 is 0 Å². The van der Waals surface area contributed by atoms with E-state index < -0.39 is 6.04 Å². The number of hydrogen-bond acceptors (Lipinski definition) is 3. The molecule has 1 aliphatic rings. The van der Waals surface area contributed by atoms with E-state index in [0.29, 0.717) is 12.5 Å². The number of amides is 1. The Kier molecular flexibility index (Phi) is 4.93. The van der Waals surface area contributed by atoms with E-state index in [4.69, 9.17) is 5.73 Å². The Morgan fingerprint density at radius 3 is 2.79 bits per heavy atom. The Labute approximate surface area is 114 Å². The van der Waals surface area contributed by atoms with Crippen molar-refractivity contribution in [1.82, 2.24) is 5.32 Å². The van der Waals surface area contributed by atoms with E-state index in [0.717, 1.165) is 31.2 Å². The monoisotopic (exact) mass is 262 g/mol. The number of aliphatic hydroxyl groups is 1. The molecule has 0 aliphatic heterocycles. The fourth-order valence-corrected chi connectivity index (χ4v) is 2.61. The fraction of sp³-hybridized carbons (Fsp3) is 0.533. The first-order valence-corrected chi connectivity index (χ1v) is 6.93.